The van der Waals surface area contributed by atoms with E-state index >= 15 is 0 Å². The summed E-state index contributed by atoms with van der Waals surface area (Å²) in [6, 6.07) is 19.6. The summed E-state index contributed by atoms with van der Waals surface area (Å²) in [6.45, 7) is 0.924. The van der Waals surface area contributed by atoms with Gasteiger partial charge in [0.15, 0.2) is 0 Å². The van der Waals surface area contributed by atoms with E-state index in [-0.39, 0.29) is 0 Å². The molecule has 0 aliphatic heterocycles. The van der Waals surface area contributed by atoms with Crippen LogP contribution >= 0.6 is 0 Å². The van der Waals surface area contributed by atoms with Crippen molar-refractivity contribution >= 4 is 5.70 Å². The van der Waals surface area contributed by atoms with E-state index in [1.165, 1.54) is 28.0 Å². The average molecular weight is 278 g/mol. The van der Waals surface area contributed by atoms with Gasteiger partial charge in [-0.05, 0) is 30.2 Å². The molecule has 0 spiro atoms. The minimum atomic E-state index is 0.447. The molecule has 1 aliphatic carbocycles. The summed E-state index contributed by atoms with van der Waals surface area (Å²) in [5.74, 6) is 0.447. The molecule has 3 rings (SSSR count). The maximum Gasteiger partial charge on any atom is 0.0419 e. The number of hydrogen-bond donors (Lipinski definition) is 2. The highest BCUT2D eigenvalue weighted by atomic mass is 14.9. The Labute approximate surface area is 126 Å². The second-order valence-corrected chi connectivity index (χ2v) is 5.51. The summed E-state index contributed by atoms with van der Waals surface area (Å²) in [5.41, 5.74) is 6.90. The lowest BCUT2D eigenvalue weighted by molar-refractivity contribution is 0.724. The van der Waals surface area contributed by atoms with E-state index in [4.69, 9.17) is 0 Å². The van der Waals surface area contributed by atoms with Gasteiger partial charge in [0.05, 0.1) is 0 Å². The van der Waals surface area contributed by atoms with Crippen LogP contribution in [0.3, 0.4) is 0 Å². The third-order valence-corrected chi connectivity index (χ3v) is 4.25. The van der Waals surface area contributed by atoms with Gasteiger partial charge in [-0.1, -0.05) is 54.6 Å². The topological polar surface area (TPSA) is 24.1 Å². The first-order valence-corrected chi connectivity index (χ1v) is 7.53. The Bertz CT molecular complexity index is 644. The monoisotopic (exact) mass is 278 g/mol. The highest BCUT2D eigenvalue weighted by Crippen LogP contribution is 2.40. The van der Waals surface area contributed by atoms with Crippen LogP contribution in [0.5, 0.6) is 0 Å². The normalized spacial score (nSPS) is 17.5. The zero-order chi connectivity index (χ0) is 14.7. The molecule has 2 N–H and O–H groups in total. The standard InChI is InChI=1S/C19H22N2/c1-20-13-15-12-18(14-8-4-3-5-9-14)16-10-6-7-11-17(16)19(15)21-2/h3-11,18,20-21H,12-13H2,1-2H3. The van der Waals surface area contributed by atoms with Crippen molar-refractivity contribution in [3.8, 4) is 0 Å². The minimum Gasteiger partial charge on any atom is -0.388 e. The van der Waals surface area contributed by atoms with Gasteiger partial charge in [-0.25, -0.2) is 0 Å². The molecule has 0 heterocycles. The van der Waals surface area contributed by atoms with Crippen LogP contribution in [-0.2, 0) is 0 Å². The summed E-state index contributed by atoms with van der Waals surface area (Å²) in [6.07, 6.45) is 1.07. The molecule has 0 aromatic heterocycles. The molecule has 0 saturated heterocycles. The lowest BCUT2D eigenvalue weighted by Crippen LogP contribution is -2.23. The van der Waals surface area contributed by atoms with E-state index < -0.39 is 0 Å². The van der Waals surface area contributed by atoms with Gasteiger partial charge in [0.1, 0.15) is 0 Å². The second kappa shape index (κ2) is 6.15. The van der Waals surface area contributed by atoms with Gasteiger partial charge in [0.2, 0.25) is 0 Å². The zero-order valence-corrected chi connectivity index (χ0v) is 12.7. The first kappa shape index (κ1) is 13.9. The Morgan fingerprint density at radius 1 is 0.952 bits per heavy atom. The zero-order valence-electron chi connectivity index (χ0n) is 12.7. The van der Waals surface area contributed by atoms with Crippen LogP contribution in [0.15, 0.2) is 60.2 Å². The summed E-state index contributed by atoms with van der Waals surface area (Å²) >= 11 is 0. The predicted molar refractivity (Wildman–Crippen MR) is 89.3 cm³/mol. The Morgan fingerprint density at radius 3 is 2.38 bits per heavy atom. The maximum atomic E-state index is 3.41. The fraction of sp³-hybridized carbons (Fsp3) is 0.263. The van der Waals surface area contributed by atoms with Gasteiger partial charge >= 0.3 is 0 Å². The summed E-state index contributed by atoms with van der Waals surface area (Å²) in [7, 11) is 4.03. The molecule has 1 unspecified atom stereocenters. The Morgan fingerprint density at radius 2 is 1.67 bits per heavy atom. The number of rotatable bonds is 4. The highest BCUT2D eigenvalue weighted by molar-refractivity contribution is 5.73. The van der Waals surface area contributed by atoms with Crippen molar-refractivity contribution in [3.05, 3.63) is 76.9 Å². The summed E-state index contributed by atoms with van der Waals surface area (Å²) in [4.78, 5) is 0. The Balaban J connectivity index is 2.12. The third-order valence-electron chi connectivity index (χ3n) is 4.25. The number of nitrogens with one attached hydrogen (secondary N) is 2. The fourth-order valence-corrected chi connectivity index (χ4v) is 3.35. The molecule has 2 aromatic carbocycles. The number of fused-ring (bicyclic) bond motifs is 1. The predicted octanol–water partition coefficient (Wildman–Crippen LogP) is 3.37. The Kier molecular flexibility index (Phi) is 4.07. The van der Waals surface area contributed by atoms with Crippen LogP contribution < -0.4 is 10.6 Å². The lowest BCUT2D eigenvalue weighted by Gasteiger charge is -2.30. The summed E-state index contributed by atoms with van der Waals surface area (Å²) < 4.78 is 0. The summed E-state index contributed by atoms with van der Waals surface area (Å²) in [5, 5.41) is 6.71. The molecule has 0 bridgehead atoms. The molecule has 0 amide bonds. The van der Waals surface area contributed by atoms with Crippen molar-refractivity contribution in [3.63, 3.8) is 0 Å². The van der Waals surface area contributed by atoms with E-state index in [1.54, 1.807) is 0 Å². The quantitative estimate of drug-likeness (QED) is 0.896. The van der Waals surface area contributed by atoms with E-state index in [0.29, 0.717) is 5.92 Å². The molecule has 108 valence electrons. The molecular formula is C19H22N2. The van der Waals surface area contributed by atoms with Crippen molar-refractivity contribution < 1.29 is 0 Å². The molecule has 0 fully saturated rings. The van der Waals surface area contributed by atoms with Crippen LogP contribution in [0, 0.1) is 0 Å². The van der Waals surface area contributed by atoms with Gasteiger partial charge in [0, 0.05) is 30.8 Å². The second-order valence-electron chi connectivity index (χ2n) is 5.51. The SMILES string of the molecule is CNCC1=C(NC)c2ccccc2C(c2ccccc2)C1. The van der Waals surface area contributed by atoms with E-state index in [1.807, 2.05) is 14.1 Å². The highest BCUT2D eigenvalue weighted by Gasteiger charge is 2.26. The molecule has 2 heteroatoms. The van der Waals surface area contributed by atoms with Gasteiger partial charge in [-0.3, -0.25) is 0 Å². The Hall–Kier alpha value is -2.06. The van der Waals surface area contributed by atoms with Crippen molar-refractivity contribution in [2.24, 2.45) is 0 Å². The molecule has 2 aromatic rings. The van der Waals surface area contributed by atoms with E-state index in [2.05, 4.69) is 65.2 Å². The van der Waals surface area contributed by atoms with Crippen molar-refractivity contribution in [1.82, 2.24) is 10.6 Å². The number of hydrogen-bond acceptors (Lipinski definition) is 2. The molecule has 1 aliphatic rings. The molecule has 21 heavy (non-hydrogen) atoms. The van der Waals surface area contributed by atoms with Crippen LogP contribution in [0.1, 0.15) is 29.0 Å². The molecular weight excluding hydrogens is 256 g/mol. The maximum absolute atomic E-state index is 3.41. The van der Waals surface area contributed by atoms with Crippen LogP contribution in [0.2, 0.25) is 0 Å². The first-order valence-electron chi connectivity index (χ1n) is 7.53. The smallest absolute Gasteiger partial charge is 0.0419 e. The molecule has 0 saturated carbocycles. The van der Waals surface area contributed by atoms with E-state index in [9.17, 15) is 0 Å². The van der Waals surface area contributed by atoms with Gasteiger partial charge in [-0.2, -0.15) is 0 Å². The molecule has 0 radical (unpaired) electrons. The lowest BCUT2D eigenvalue weighted by atomic mass is 9.77. The molecule has 1 atom stereocenters. The van der Waals surface area contributed by atoms with Gasteiger partial charge in [-0.15, -0.1) is 0 Å². The third kappa shape index (κ3) is 2.59. The van der Waals surface area contributed by atoms with Crippen LogP contribution in [0.4, 0.5) is 0 Å². The fourth-order valence-electron chi connectivity index (χ4n) is 3.35. The average Bonchev–Trinajstić information content (AvgIpc) is 2.55. The minimum absolute atomic E-state index is 0.447. The van der Waals surface area contributed by atoms with Crippen molar-refractivity contribution in [2.75, 3.05) is 20.6 Å². The molecule has 2 nitrogen and oxygen atoms in total. The van der Waals surface area contributed by atoms with Crippen LogP contribution in [0.25, 0.3) is 5.70 Å². The van der Waals surface area contributed by atoms with Crippen molar-refractivity contribution in [1.29, 1.82) is 0 Å². The van der Waals surface area contributed by atoms with E-state index in [0.717, 1.165) is 13.0 Å². The van der Waals surface area contributed by atoms with Crippen LogP contribution in [-0.4, -0.2) is 20.6 Å². The number of likely N-dealkylation sites (N-methyl/N-ethyl adjacent to an activating group) is 1. The van der Waals surface area contributed by atoms with Gasteiger partial charge in [0.25, 0.3) is 0 Å². The number of benzene rings is 2. The van der Waals surface area contributed by atoms with Gasteiger partial charge < -0.3 is 10.6 Å². The van der Waals surface area contributed by atoms with Crippen molar-refractivity contribution in [2.45, 2.75) is 12.3 Å². The largest absolute Gasteiger partial charge is 0.388 e. The first-order chi connectivity index (χ1) is 10.3.